The molecule has 10 heteroatoms. The van der Waals surface area contributed by atoms with E-state index < -0.39 is 44.0 Å². The Hall–Kier alpha value is -3.53. The van der Waals surface area contributed by atoms with Gasteiger partial charge in [0, 0.05) is 11.1 Å². The van der Waals surface area contributed by atoms with Crippen LogP contribution in [0.2, 0.25) is 0 Å². The zero-order valence-corrected chi connectivity index (χ0v) is 18.4. The van der Waals surface area contributed by atoms with E-state index in [0.717, 1.165) is 24.3 Å². The monoisotopic (exact) mass is 492 g/mol. The lowest BCUT2D eigenvalue weighted by Crippen LogP contribution is -2.15. The minimum atomic E-state index is -4.73. The second kappa shape index (κ2) is 8.68. The van der Waals surface area contributed by atoms with Gasteiger partial charge in [0.15, 0.2) is 0 Å². The molecule has 0 saturated carbocycles. The summed E-state index contributed by atoms with van der Waals surface area (Å²) in [4.78, 5) is 3.71. The number of alkyl halides is 3. The lowest BCUT2D eigenvalue weighted by Gasteiger charge is -2.13. The molecule has 0 aliphatic rings. The number of rotatable bonds is 5. The van der Waals surface area contributed by atoms with Crippen molar-refractivity contribution in [2.45, 2.75) is 24.4 Å². The largest absolute Gasteiger partial charge is 0.416 e. The topological polar surface area (TPSA) is 59.1 Å². The number of hydrogen-bond acceptors (Lipinski definition) is 3. The van der Waals surface area contributed by atoms with Crippen LogP contribution >= 0.6 is 0 Å². The first kappa shape index (κ1) is 23.6. The van der Waals surface area contributed by atoms with Crippen molar-refractivity contribution < 1.29 is 30.4 Å². The molecule has 0 aliphatic carbocycles. The Morgan fingerprint density at radius 2 is 1.71 bits per heavy atom. The molecule has 3 aromatic carbocycles. The molecular weight excluding hydrogens is 475 g/mol. The molecule has 1 heterocycles. The fourth-order valence-corrected chi connectivity index (χ4v) is 4.69. The van der Waals surface area contributed by atoms with Gasteiger partial charge in [0.1, 0.15) is 11.6 Å². The lowest BCUT2D eigenvalue weighted by atomic mass is 10.00. The van der Waals surface area contributed by atoms with E-state index in [4.69, 9.17) is 0 Å². The van der Waals surface area contributed by atoms with Gasteiger partial charge in [-0.2, -0.15) is 13.2 Å². The van der Waals surface area contributed by atoms with Crippen LogP contribution in [0.5, 0.6) is 0 Å². The van der Waals surface area contributed by atoms with Crippen molar-refractivity contribution in [1.29, 1.82) is 0 Å². The van der Waals surface area contributed by atoms with Gasteiger partial charge in [0.25, 0.3) is 10.0 Å². The molecule has 34 heavy (non-hydrogen) atoms. The highest BCUT2D eigenvalue weighted by Gasteiger charge is 2.31. The first-order chi connectivity index (χ1) is 15.9. The second-order valence-corrected chi connectivity index (χ2v) is 9.39. The third-order valence-electron chi connectivity index (χ3n) is 5.13. The first-order valence-corrected chi connectivity index (χ1v) is 11.4. The highest BCUT2D eigenvalue weighted by molar-refractivity contribution is 7.92. The van der Waals surface area contributed by atoms with E-state index in [1.165, 1.54) is 24.3 Å². The molecule has 1 N–H and O–H groups in total. The van der Waals surface area contributed by atoms with Crippen LogP contribution in [0.25, 0.3) is 10.9 Å². The Kier molecular flexibility index (Phi) is 6.03. The van der Waals surface area contributed by atoms with Gasteiger partial charge in [-0.25, -0.2) is 17.2 Å². The van der Waals surface area contributed by atoms with Crippen molar-refractivity contribution in [3.8, 4) is 0 Å². The van der Waals surface area contributed by atoms with E-state index in [2.05, 4.69) is 4.98 Å². The summed E-state index contributed by atoms with van der Waals surface area (Å²) >= 11 is 0. The van der Waals surface area contributed by atoms with Crippen LogP contribution < -0.4 is 4.72 Å². The van der Waals surface area contributed by atoms with Crippen LogP contribution in [-0.2, 0) is 22.6 Å². The zero-order chi connectivity index (χ0) is 24.7. The van der Waals surface area contributed by atoms with Gasteiger partial charge >= 0.3 is 6.18 Å². The predicted molar refractivity (Wildman–Crippen MR) is 118 cm³/mol. The smallest absolute Gasteiger partial charge is 0.277 e. The number of hydrogen-bond donors (Lipinski definition) is 1. The van der Waals surface area contributed by atoms with Crippen molar-refractivity contribution in [3.63, 3.8) is 0 Å². The van der Waals surface area contributed by atoms with Gasteiger partial charge in [-0.1, -0.05) is 12.1 Å². The maximum Gasteiger partial charge on any atom is 0.416 e. The Labute approximate surface area is 192 Å². The molecule has 0 fully saturated rings. The number of fused-ring (bicyclic) bond motifs is 1. The molecule has 4 aromatic rings. The highest BCUT2D eigenvalue weighted by atomic mass is 32.2. The van der Waals surface area contributed by atoms with Crippen molar-refractivity contribution in [2.75, 3.05) is 4.72 Å². The summed E-state index contributed by atoms with van der Waals surface area (Å²) in [5, 5.41) is 0.570. The molecule has 4 nitrogen and oxygen atoms in total. The van der Waals surface area contributed by atoms with Crippen molar-refractivity contribution in [1.82, 2.24) is 4.98 Å². The fraction of sp³-hybridized carbons (Fsp3) is 0.125. The number of aryl methyl sites for hydroxylation is 1. The fourth-order valence-electron chi connectivity index (χ4n) is 3.58. The molecule has 0 aliphatic heterocycles. The number of aromatic nitrogens is 1. The molecule has 0 unspecified atom stereocenters. The molecule has 0 saturated heterocycles. The van der Waals surface area contributed by atoms with Crippen LogP contribution in [0.3, 0.4) is 0 Å². The van der Waals surface area contributed by atoms with E-state index in [1.54, 1.807) is 19.1 Å². The van der Waals surface area contributed by atoms with Crippen molar-refractivity contribution in [3.05, 3.63) is 101 Å². The predicted octanol–water partition coefficient (Wildman–Crippen LogP) is 6.23. The SMILES string of the molecule is Cc1cc(Cc2ccc(NS(=O)(=O)c3cccc(C(F)(F)F)c3)c(F)c2)c2cc(F)ccc2n1. The van der Waals surface area contributed by atoms with E-state index >= 15 is 0 Å². The average molecular weight is 492 g/mol. The summed E-state index contributed by atoms with van der Waals surface area (Å²) in [5.41, 5.74) is 0.919. The Morgan fingerprint density at radius 3 is 2.41 bits per heavy atom. The van der Waals surface area contributed by atoms with Crippen LogP contribution in [0.4, 0.5) is 27.6 Å². The molecule has 4 rings (SSSR count). The van der Waals surface area contributed by atoms with E-state index in [1.807, 2.05) is 4.72 Å². The van der Waals surface area contributed by atoms with Gasteiger partial charge in [0.05, 0.1) is 21.7 Å². The molecule has 0 amide bonds. The normalized spacial score (nSPS) is 12.2. The summed E-state index contributed by atoms with van der Waals surface area (Å²) < 4.78 is 94.3. The number of halogens is 5. The Morgan fingerprint density at radius 1 is 0.941 bits per heavy atom. The minimum absolute atomic E-state index is 0.223. The molecular formula is C24H17F5N2O2S. The Bertz CT molecular complexity index is 1500. The molecule has 0 radical (unpaired) electrons. The van der Waals surface area contributed by atoms with Crippen molar-refractivity contribution >= 4 is 26.6 Å². The van der Waals surface area contributed by atoms with Crippen molar-refractivity contribution in [2.24, 2.45) is 0 Å². The van der Waals surface area contributed by atoms with Crippen LogP contribution in [0.15, 0.2) is 71.6 Å². The van der Waals surface area contributed by atoms with Crippen LogP contribution in [0, 0.1) is 18.6 Å². The number of benzene rings is 3. The number of pyridine rings is 1. The molecule has 0 spiro atoms. The molecule has 0 atom stereocenters. The number of nitrogens with one attached hydrogen (secondary N) is 1. The first-order valence-electron chi connectivity index (χ1n) is 9.97. The van der Waals surface area contributed by atoms with Gasteiger partial charge < -0.3 is 0 Å². The van der Waals surface area contributed by atoms with E-state index in [-0.39, 0.29) is 6.42 Å². The van der Waals surface area contributed by atoms with Crippen LogP contribution in [0.1, 0.15) is 22.4 Å². The summed E-state index contributed by atoms with van der Waals surface area (Å²) in [5.74, 6) is -1.35. The van der Waals surface area contributed by atoms with Gasteiger partial charge in [-0.05, 0) is 79.1 Å². The number of nitrogens with zero attached hydrogens (tertiary/aromatic N) is 1. The number of sulfonamides is 1. The molecule has 1 aromatic heterocycles. The second-order valence-electron chi connectivity index (χ2n) is 7.71. The maximum atomic E-state index is 14.7. The Balaban J connectivity index is 1.61. The average Bonchev–Trinajstić information content (AvgIpc) is 2.75. The van der Waals surface area contributed by atoms with Crippen LogP contribution in [-0.4, -0.2) is 13.4 Å². The van der Waals surface area contributed by atoms with Gasteiger partial charge in [-0.15, -0.1) is 0 Å². The van der Waals surface area contributed by atoms with Gasteiger partial charge in [-0.3, -0.25) is 9.71 Å². The lowest BCUT2D eigenvalue weighted by molar-refractivity contribution is -0.137. The number of anilines is 1. The highest BCUT2D eigenvalue weighted by Crippen LogP contribution is 2.31. The summed E-state index contributed by atoms with van der Waals surface area (Å²) in [7, 11) is -4.47. The van der Waals surface area contributed by atoms with E-state index in [9.17, 15) is 30.4 Å². The minimum Gasteiger partial charge on any atom is -0.277 e. The third-order valence-corrected chi connectivity index (χ3v) is 6.49. The molecule has 0 bridgehead atoms. The summed E-state index contributed by atoms with van der Waals surface area (Å²) in [6, 6.07) is 12.9. The van der Waals surface area contributed by atoms with Gasteiger partial charge in [0.2, 0.25) is 0 Å². The zero-order valence-electron chi connectivity index (χ0n) is 17.6. The summed E-state index contributed by atoms with van der Waals surface area (Å²) in [6.45, 7) is 1.78. The molecule has 176 valence electrons. The quantitative estimate of drug-likeness (QED) is 0.336. The maximum absolute atomic E-state index is 14.7. The van der Waals surface area contributed by atoms with E-state index in [0.29, 0.717) is 33.8 Å². The standard InChI is InChI=1S/C24H17F5N2O2S/c1-14-9-16(20-13-18(25)6-8-22(20)30-14)10-15-5-7-23(21(26)11-15)31-34(32,33)19-4-2-3-17(12-19)24(27,28)29/h2-9,11-13,31H,10H2,1H3. The summed E-state index contributed by atoms with van der Waals surface area (Å²) in [6.07, 6.45) is -4.50. The third kappa shape index (κ3) is 5.01.